The van der Waals surface area contributed by atoms with Gasteiger partial charge in [-0.05, 0) is 36.6 Å². The lowest BCUT2D eigenvalue weighted by Crippen LogP contribution is -2.38. The molecular weight excluding hydrogens is 515 g/mol. The summed E-state index contributed by atoms with van der Waals surface area (Å²) in [6.07, 6.45) is 4.59. The first-order valence-electron chi connectivity index (χ1n) is 10.6. The van der Waals surface area contributed by atoms with E-state index in [0.717, 1.165) is 36.9 Å². The second-order valence-corrected chi connectivity index (χ2v) is 7.11. The molecule has 0 aliphatic carbocycles. The number of rotatable bonds is 9. The topological polar surface area (TPSA) is 83.3 Å². The number of carbonyl (C=O) groups excluding carboxylic acids is 1. The second kappa shape index (κ2) is 13.5. The normalized spacial score (nSPS) is 10.9. The summed E-state index contributed by atoms with van der Waals surface area (Å²) in [6.45, 7) is 4.79. The molecule has 0 saturated carbocycles. The molecule has 1 amide bonds. The smallest absolute Gasteiger partial charge is 0.251 e. The van der Waals surface area contributed by atoms with Gasteiger partial charge >= 0.3 is 0 Å². The van der Waals surface area contributed by atoms with Crippen LogP contribution in [-0.2, 0) is 19.5 Å². The zero-order chi connectivity index (χ0) is 21.9. The SMILES string of the molecule is CCNC(=NCc1nccn1Cc1ccccc1)NCCc1cccc(C(=O)NC)c1.I. The molecule has 0 bridgehead atoms. The number of halogens is 1. The Kier molecular flexibility index (Phi) is 10.7. The van der Waals surface area contributed by atoms with Crippen LogP contribution in [0.5, 0.6) is 0 Å². The molecule has 0 saturated heterocycles. The molecule has 170 valence electrons. The van der Waals surface area contributed by atoms with Gasteiger partial charge in [-0.1, -0.05) is 42.5 Å². The molecule has 0 unspecified atom stereocenters. The standard InChI is InChI=1S/C24H30N6O.HI/c1-3-26-24(28-13-12-19-10-7-11-21(16-19)23(31)25-2)29-17-22-27-14-15-30(22)18-20-8-5-4-6-9-20;/h4-11,14-16H,3,12-13,17-18H2,1-2H3,(H,25,31)(H2,26,28,29);1H. The molecule has 8 heteroatoms. The van der Waals surface area contributed by atoms with E-state index in [-0.39, 0.29) is 29.9 Å². The van der Waals surface area contributed by atoms with Gasteiger partial charge in [-0.15, -0.1) is 24.0 Å². The molecule has 0 aliphatic heterocycles. The zero-order valence-corrected chi connectivity index (χ0v) is 20.9. The van der Waals surface area contributed by atoms with Crippen molar-refractivity contribution in [2.45, 2.75) is 26.4 Å². The second-order valence-electron chi connectivity index (χ2n) is 7.11. The van der Waals surface area contributed by atoms with Crippen molar-refractivity contribution >= 4 is 35.8 Å². The molecular formula is C24H31IN6O. The Bertz CT molecular complexity index is 1000. The minimum absolute atomic E-state index is 0. The number of nitrogens with zero attached hydrogens (tertiary/aromatic N) is 3. The van der Waals surface area contributed by atoms with Crippen molar-refractivity contribution in [1.29, 1.82) is 0 Å². The lowest BCUT2D eigenvalue weighted by Gasteiger charge is -2.12. The summed E-state index contributed by atoms with van der Waals surface area (Å²) in [4.78, 5) is 21.0. The van der Waals surface area contributed by atoms with E-state index in [9.17, 15) is 4.79 Å². The van der Waals surface area contributed by atoms with Crippen molar-refractivity contribution in [2.24, 2.45) is 4.99 Å². The average molecular weight is 546 g/mol. The van der Waals surface area contributed by atoms with Crippen molar-refractivity contribution in [2.75, 3.05) is 20.1 Å². The number of hydrogen-bond acceptors (Lipinski definition) is 3. The monoisotopic (exact) mass is 546 g/mol. The van der Waals surface area contributed by atoms with Gasteiger partial charge in [0.15, 0.2) is 5.96 Å². The van der Waals surface area contributed by atoms with E-state index in [1.165, 1.54) is 5.56 Å². The third kappa shape index (κ3) is 7.67. The van der Waals surface area contributed by atoms with E-state index in [2.05, 4.69) is 37.6 Å². The van der Waals surface area contributed by atoms with Crippen molar-refractivity contribution in [3.63, 3.8) is 0 Å². The van der Waals surface area contributed by atoms with Crippen molar-refractivity contribution in [3.05, 3.63) is 89.5 Å². The molecule has 32 heavy (non-hydrogen) atoms. The maximum atomic E-state index is 11.8. The van der Waals surface area contributed by atoms with Crippen molar-refractivity contribution < 1.29 is 4.79 Å². The Balaban J connectivity index is 0.00000363. The number of imidazole rings is 1. The predicted molar refractivity (Wildman–Crippen MR) is 140 cm³/mol. The average Bonchev–Trinajstić information content (AvgIpc) is 3.24. The number of aliphatic imine (C=N–C) groups is 1. The number of guanidine groups is 1. The third-order valence-electron chi connectivity index (χ3n) is 4.84. The molecule has 0 fully saturated rings. The highest BCUT2D eigenvalue weighted by molar-refractivity contribution is 14.0. The molecule has 7 nitrogen and oxygen atoms in total. The molecule has 3 rings (SSSR count). The maximum Gasteiger partial charge on any atom is 0.251 e. The van der Waals surface area contributed by atoms with Crippen LogP contribution in [0, 0.1) is 0 Å². The molecule has 0 aliphatic rings. The summed E-state index contributed by atoms with van der Waals surface area (Å²) in [6, 6.07) is 18.0. The largest absolute Gasteiger partial charge is 0.357 e. The van der Waals surface area contributed by atoms with Gasteiger partial charge < -0.3 is 20.5 Å². The first-order valence-corrected chi connectivity index (χ1v) is 10.6. The lowest BCUT2D eigenvalue weighted by atomic mass is 10.1. The van der Waals surface area contributed by atoms with Crippen LogP contribution >= 0.6 is 24.0 Å². The van der Waals surface area contributed by atoms with Crippen LogP contribution in [0.3, 0.4) is 0 Å². The van der Waals surface area contributed by atoms with E-state index >= 15 is 0 Å². The van der Waals surface area contributed by atoms with Crippen LogP contribution < -0.4 is 16.0 Å². The highest BCUT2D eigenvalue weighted by Gasteiger charge is 2.06. The Morgan fingerprint density at radius 1 is 1.06 bits per heavy atom. The first-order chi connectivity index (χ1) is 15.2. The van der Waals surface area contributed by atoms with Gasteiger partial charge in [0.2, 0.25) is 0 Å². The van der Waals surface area contributed by atoms with Crippen LogP contribution in [0.25, 0.3) is 0 Å². The van der Waals surface area contributed by atoms with Gasteiger partial charge in [0.05, 0.1) is 0 Å². The fourth-order valence-electron chi connectivity index (χ4n) is 3.24. The Morgan fingerprint density at radius 3 is 2.59 bits per heavy atom. The van der Waals surface area contributed by atoms with Gasteiger partial charge in [0, 0.05) is 44.6 Å². The molecule has 0 spiro atoms. The highest BCUT2D eigenvalue weighted by atomic mass is 127. The molecule has 1 heterocycles. The molecule has 1 aromatic heterocycles. The van der Waals surface area contributed by atoms with Gasteiger partial charge in [0.25, 0.3) is 5.91 Å². The quantitative estimate of drug-likeness (QED) is 0.219. The number of hydrogen-bond donors (Lipinski definition) is 3. The van der Waals surface area contributed by atoms with Crippen LogP contribution in [0.4, 0.5) is 0 Å². The minimum Gasteiger partial charge on any atom is -0.357 e. The highest BCUT2D eigenvalue weighted by Crippen LogP contribution is 2.07. The summed E-state index contributed by atoms with van der Waals surface area (Å²) in [7, 11) is 1.64. The van der Waals surface area contributed by atoms with E-state index in [0.29, 0.717) is 18.7 Å². The fourth-order valence-corrected chi connectivity index (χ4v) is 3.24. The zero-order valence-electron chi connectivity index (χ0n) is 18.5. The summed E-state index contributed by atoms with van der Waals surface area (Å²) >= 11 is 0. The lowest BCUT2D eigenvalue weighted by molar-refractivity contribution is 0.0963. The Morgan fingerprint density at radius 2 is 1.84 bits per heavy atom. The molecule has 0 radical (unpaired) electrons. The summed E-state index contributed by atoms with van der Waals surface area (Å²) in [5, 5.41) is 9.30. The molecule has 2 aromatic carbocycles. The number of nitrogens with one attached hydrogen (secondary N) is 3. The number of carbonyl (C=O) groups is 1. The van der Waals surface area contributed by atoms with E-state index < -0.39 is 0 Å². The minimum atomic E-state index is -0.0734. The van der Waals surface area contributed by atoms with Crippen LogP contribution in [0.1, 0.15) is 34.2 Å². The van der Waals surface area contributed by atoms with Crippen LogP contribution in [-0.4, -0.2) is 41.6 Å². The molecule has 3 N–H and O–H groups in total. The number of aromatic nitrogens is 2. The maximum absolute atomic E-state index is 11.8. The van der Waals surface area contributed by atoms with Crippen molar-refractivity contribution in [1.82, 2.24) is 25.5 Å². The predicted octanol–water partition coefficient (Wildman–Crippen LogP) is 3.21. The Hall–Kier alpha value is -2.88. The fraction of sp³-hybridized carbons (Fsp3) is 0.292. The van der Waals surface area contributed by atoms with Gasteiger partial charge in [-0.2, -0.15) is 0 Å². The summed E-state index contributed by atoms with van der Waals surface area (Å²) < 4.78 is 2.12. The van der Waals surface area contributed by atoms with Crippen molar-refractivity contribution in [3.8, 4) is 0 Å². The van der Waals surface area contributed by atoms with Crippen LogP contribution in [0.15, 0.2) is 72.0 Å². The first kappa shape index (κ1) is 25.4. The van der Waals surface area contributed by atoms with E-state index in [4.69, 9.17) is 4.99 Å². The van der Waals surface area contributed by atoms with Gasteiger partial charge in [-0.25, -0.2) is 9.98 Å². The van der Waals surface area contributed by atoms with Crippen LogP contribution in [0.2, 0.25) is 0 Å². The summed E-state index contributed by atoms with van der Waals surface area (Å²) in [5.41, 5.74) is 3.00. The van der Waals surface area contributed by atoms with Gasteiger partial charge in [0.1, 0.15) is 12.4 Å². The molecule has 3 aromatic rings. The van der Waals surface area contributed by atoms with E-state index in [1.54, 1.807) is 7.05 Å². The van der Waals surface area contributed by atoms with Gasteiger partial charge in [-0.3, -0.25) is 4.79 Å². The van der Waals surface area contributed by atoms with E-state index in [1.807, 2.05) is 61.8 Å². The summed E-state index contributed by atoms with van der Waals surface area (Å²) in [5.74, 6) is 1.59. The Labute approximate surface area is 206 Å². The third-order valence-corrected chi connectivity index (χ3v) is 4.84. The molecule has 0 atom stereocenters. The number of amides is 1. The number of benzene rings is 2.